The molecule has 1 N–H and O–H groups in total. The van der Waals surface area contributed by atoms with Crippen molar-refractivity contribution in [3.8, 4) is 11.1 Å². The molecule has 0 aliphatic carbocycles. The Hall–Kier alpha value is -2.88. The maximum atomic E-state index is 13.1. The summed E-state index contributed by atoms with van der Waals surface area (Å²) in [6.45, 7) is 2.86. The number of rotatable bonds is 5. The van der Waals surface area contributed by atoms with Crippen LogP contribution in [0.4, 0.5) is 5.69 Å². The molecular formula is C23H24N2O2. The van der Waals surface area contributed by atoms with E-state index in [1.54, 1.807) is 0 Å². The summed E-state index contributed by atoms with van der Waals surface area (Å²) in [5, 5.41) is 2.86. The molecule has 0 saturated heterocycles. The fourth-order valence-electron chi connectivity index (χ4n) is 3.88. The van der Waals surface area contributed by atoms with Crippen molar-refractivity contribution in [3.05, 3.63) is 65.7 Å². The van der Waals surface area contributed by atoms with Gasteiger partial charge in [0.25, 0.3) is 5.91 Å². The lowest BCUT2D eigenvalue weighted by atomic mass is 9.99. The Morgan fingerprint density at radius 2 is 2.04 bits per heavy atom. The van der Waals surface area contributed by atoms with Gasteiger partial charge in [-0.25, -0.2) is 0 Å². The largest absolute Gasteiger partial charge is 0.328 e. The summed E-state index contributed by atoms with van der Waals surface area (Å²) < 4.78 is 0. The molecule has 4 nitrogen and oxygen atoms in total. The lowest BCUT2D eigenvalue weighted by molar-refractivity contribution is -0.115. The number of amides is 2. The first kappa shape index (κ1) is 17.5. The van der Waals surface area contributed by atoms with E-state index in [0.717, 1.165) is 41.6 Å². The van der Waals surface area contributed by atoms with E-state index in [-0.39, 0.29) is 17.9 Å². The second-order valence-electron chi connectivity index (χ2n) is 7.27. The Bertz CT molecular complexity index is 916. The molecule has 0 spiro atoms. The fraction of sp³-hybridized carbons (Fsp3) is 0.304. The highest BCUT2D eigenvalue weighted by Crippen LogP contribution is 2.30. The third-order valence-electron chi connectivity index (χ3n) is 5.35. The number of carbonyl (C=O) groups excluding carboxylic acids is 2. The molecule has 138 valence electrons. The monoisotopic (exact) mass is 360 g/mol. The Morgan fingerprint density at radius 1 is 1.19 bits per heavy atom. The average molecular weight is 360 g/mol. The summed E-state index contributed by atoms with van der Waals surface area (Å²) in [6.07, 6.45) is 7.94. The van der Waals surface area contributed by atoms with Crippen molar-refractivity contribution < 1.29 is 9.59 Å². The molecule has 0 aromatic heterocycles. The predicted octanol–water partition coefficient (Wildman–Crippen LogP) is 4.42. The third kappa shape index (κ3) is 3.52. The number of fused-ring (bicyclic) bond motifs is 1. The molecule has 0 radical (unpaired) electrons. The Kier molecular flexibility index (Phi) is 4.80. The predicted molar refractivity (Wildman–Crippen MR) is 108 cm³/mol. The van der Waals surface area contributed by atoms with Crippen LogP contribution in [0.25, 0.3) is 11.1 Å². The minimum Gasteiger partial charge on any atom is -0.328 e. The number of carbonyl (C=O) groups is 2. The SMILES string of the molecule is CCCCC1C=CCN1C(=O)c1cccc(-c2ccc3c(c2)CC(=O)N3)c1. The second-order valence-corrected chi connectivity index (χ2v) is 7.27. The van der Waals surface area contributed by atoms with Crippen molar-refractivity contribution in [2.45, 2.75) is 38.6 Å². The number of hydrogen-bond donors (Lipinski definition) is 1. The smallest absolute Gasteiger partial charge is 0.254 e. The van der Waals surface area contributed by atoms with Crippen LogP contribution < -0.4 is 5.32 Å². The van der Waals surface area contributed by atoms with E-state index in [9.17, 15) is 9.59 Å². The van der Waals surface area contributed by atoms with Crippen LogP contribution in [0.3, 0.4) is 0 Å². The quantitative estimate of drug-likeness (QED) is 0.803. The summed E-state index contributed by atoms with van der Waals surface area (Å²) >= 11 is 0. The zero-order valence-corrected chi connectivity index (χ0v) is 15.6. The van der Waals surface area contributed by atoms with Gasteiger partial charge in [-0.3, -0.25) is 9.59 Å². The summed E-state index contributed by atoms with van der Waals surface area (Å²) in [5.74, 6) is 0.117. The van der Waals surface area contributed by atoms with Crippen LogP contribution in [0.5, 0.6) is 0 Å². The van der Waals surface area contributed by atoms with Gasteiger partial charge in [0.2, 0.25) is 5.91 Å². The van der Waals surface area contributed by atoms with Crippen LogP contribution in [0.1, 0.15) is 42.1 Å². The van der Waals surface area contributed by atoms with E-state index in [1.807, 2.05) is 47.4 Å². The molecule has 27 heavy (non-hydrogen) atoms. The zero-order valence-electron chi connectivity index (χ0n) is 15.6. The molecule has 0 fully saturated rings. The summed E-state index contributed by atoms with van der Waals surface area (Å²) in [4.78, 5) is 26.6. The van der Waals surface area contributed by atoms with E-state index in [0.29, 0.717) is 18.5 Å². The van der Waals surface area contributed by atoms with Crippen LogP contribution in [-0.4, -0.2) is 29.3 Å². The maximum absolute atomic E-state index is 13.1. The molecule has 0 bridgehead atoms. The average Bonchev–Trinajstić information content (AvgIpc) is 3.30. The Labute approximate surface area is 159 Å². The molecular weight excluding hydrogens is 336 g/mol. The van der Waals surface area contributed by atoms with Crippen molar-refractivity contribution >= 4 is 17.5 Å². The van der Waals surface area contributed by atoms with Gasteiger partial charge in [-0.2, -0.15) is 0 Å². The number of nitrogens with zero attached hydrogens (tertiary/aromatic N) is 1. The first-order valence-corrected chi connectivity index (χ1v) is 9.66. The minimum atomic E-state index is 0.0331. The van der Waals surface area contributed by atoms with E-state index in [4.69, 9.17) is 0 Å². The van der Waals surface area contributed by atoms with Gasteiger partial charge in [-0.15, -0.1) is 0 Å². The molecule has 2 aliphatic rings. The summed E-state index contributed by atoms with van der Waals surface area (Å²) in [7, 11) is 0. The molecule has 2 amide bonds. The first-order chi connectivity index (χ1) is 13.2. The molecule has 2 aliphatic heterocycles. The second kappa shape index (κ2) is 7.39. The van der Waals surface area contributed by atoms with Crippen molar-refractivity contribution in [2.75, 3.05) is 11.9 Å². The van der Waals surface area contributed by atoms with Crippen LogP contribution >= 0.6 is 0 Å². The molecule has 1 atom stereocenters. The van der Waals surface area contributed by atoms with E-state index >= 15 is 0 Å². The van der Waals surface area contributed by atoms with E-state index < -0.39 is 0 Å². The minimum absolute atomic E-state index is 0.0331. The van der Waals surface area contributed by atoms with Gasteiger partial charge in [-0.1, -0.05) is 50.1 Å². The van der Waals surface area contributed by atoms with Gasteiger partial charge in [0.1, 0.15) is 0 Å². The number of benzene rings is 2. The molecule has 4 rings (SSSR count). The fourth-order valence-corrected chi connectivity index (χ4v) is 3.88. The van der Waals surface area contributed by atoms with Crippen molar-refractivity contribution in [3.63, 3.8) is 0 Å². The normalized spacial score (nSPS) is 17.9. The number of nitrogens with one attached hydrogen (secondary N) is 1. The van der Waals surface area contributed by atoms with Crippen LogP contribution in [0.15, 0.2) is 54.6 Å². The van der Waals surface area contributed by atoms with Gasteiger partial charge in [0.15, 0.2) is 0 Å². The molecule has 1 unspecified atom stereocenters. The van der Waals surface area contributed by atoms with E-state index in [1.165, 1.54) is 0 Å². The van der Waals surface area contributed by atoms with Gasteiger partial charge >= 0.3 is 0 Å². The first-order valence-electron chi connectivity index (χ1n) is 9.66. The maximum Gasteiger partial charge on any atom is 0.254 e. The van der Waals surface area contributed by atoms with Crippen LogP contribution in [0, 0.1) is 0 Å². The topological polar surface area (TPSA) is 49.4 Å². The molecule has 4 heteroatoms. The van der Waals surface area contributed by atoms with Gasteiger partial charge in [0.05, 0.1) is 12.5 Å². The van der Waals surface area contributed by atoms with Crippen molar-refractivity contribution in [1.29, 1.82) is 0 Å². The standard InChI is InChI=1S/C23H24N2O2/c1-2-3-8-20-9-5-12-25(20)23(27)18-7-4-6-16(13-18)17-10-11-21-19(14-17)15-22(26)24-21/h4-7,9-11,13-14,20H,2-3,8,12,15H2,1H3,(H,24,26). The van der Waals surface area contributed by atoms with E-state index in [2.05, 4.69) is 24.4 Å². The third-order valence-corrected chi connectivity index (χ3v) is 5.35. The lowest BCUT2D eigenvalue weighted by Crippen LogP contribution is -2.36. The molecule has 2 aromatic carbocycles. The highest BCUT2D eigenvalue weighted by Gasteiger charge is 2.25. The number of anilines is 1. The zero-order chi connectivity index (χ0) is 18.8. The Morgan fingerprint density at radius 3 is 2.89 bits per heavy atom. The summed E-state index contributed by atoms with van der Waals surface area (Å²) in [5.41, 5.74) is 4.64. The molecule has 2 aromatic rings. The van der Waals surface area contributed by atoms with Crippen LogP contribution in [-0.2, 0) is 11.2 Å². The highest BCUT2D eigenvalue weighted by molar-refractivity contribution is 6.00. The van der Waals surface area contributed by atoms with Crippen LogP contribution in [0.2, 0.25) is 0 Å². The van der Waals surface area contributed by atoms with Gasteiger partial charge in [0, 0.05) is 17.8 Å². The Balaban J connectivity index is 1.57. The summed E-state index contributed by atoms with van der Waals surface area (Å²) in [6, 6.07) is 14.0. The number of hydrogen-bond acceptors (Lipinski definition) is 2. The van der Waals surface area contributed by atoms with Crippen molar-refractivity contribution in [2.24, 2.45) is 0 Å². The lowest BCUT2D eigenvalue weighted by Gasteiger charge is -2.25. The molecule has 0 saturated carbocycles. The molecule has 2 heterocycles. The highest BCUT2D eigenvalue weighted by atomic mass is 16.2. The number of unbranched alkanes of at least 4 members (excludes halogenated alkanes) is 1. The van der Waals surface area contributed by atoms with Crippen molar-refractivity contribution in [1.82, 2.24) is 4.90 Å². The van der Waals surface area contributed by atoms with Gasteiger partial charge in [-0.05, 0) is 47.4 Å². The van der Waals surface area contributed by atoms with Gasteiger partial charge < -0.3 is 10.2 Å².